The molecule has 0 heterocycles. The van der Waals surface area contributed by atoms with Crippen LogP contribution in [0.15, 0.2) is 18.2 Å². The monoisotopic (exact) mass is 271 g/mol. The van der Waals surface area contributed by atoms with Crippen molar-refractivity contribution in [2.24, 2.45) is 11.7 Å². The Bertz CT molecular complexity index is 410. The van der Waals surface area contributed by atoms with E-state index < -0.39 is 0 Å². The molecule has 1 fully saturated rings. The predicted octanol–water partition coefficient (Wildman–Crippen LogP) is 3.49. The lowest BCUT2D eigenvalue weighted by atomic mass is 9.85. The summed E-state index contributed by atoms with van der Waals surface area (Å²) in [5, 5.41) is 8.73. The molecule has 92 valence electrons. The molecule has 0 radical (unpaired) electrons. The van der Waals surface area contributed by atoms with Gasteiger partial charge in [-0.25, -0.2) is 0 Å². The van der Waals surface area contributed by atoms with Gasteiger partial charge in [0.1, 0.15) is 0 Å². The Balaban J connectivity index is 2.28. The molecule has 0 atom stereocenters. The summed E-state index contributed by atoms with van der Waals surface area (Å²) in [6, 6.07) is 5.31. The second-order valence-electron chi connectivity index (χ2n) is 4.36. The maximum absolute atomic E-state index is 7.66. The van der Waals surface area contributed by atoms with Crippen molar-refractivity contribution >= 4 is 34.8 Å². The highest BCUT2D eigenvalue weighted by molar-refractivity contribution is 6.39. The van der Waals surface area contributed by atoms with E-state index in [-0.39, 0.29) is 5.96 Å². The molecule has 1 saturated carbocycles. The Morgan fingerprint density at radius 2 is 1.94 bits per heavy atom. The Morgan fingerprint density at radius 1 is 1.35 bits per heavy atom. The summed E-state index contributed by atoms with van der Waals surface area (Å²) in [6.07, 6.45) is 3.63. The van der Waals surface area contributed by atoms with Crippen molar-refractivity contribution in [2.45, 2.75) is 19.3 Å². The van der Waals surface area contributed by atoms with Gasteiger partial charge in [0.15, 0.2) is 5.96 Å². The molecule has 1 aliphatic rings. The van der Waals surface area contributed by atoms with Gasteiger partial charge in [0, 0.05) is 6.54 Å². The van der Waals surface area contributed by atoms with Crippen molar-refractivity contribution in [1.82, 2.24) is 0 Å². The van der Waals surface area contributed by atoms with Crippen molar-refractivity contribution in [3.05, 3.63) is 28.2 Å². The summed E-state index contributed by atoms with van der Waals surface area (Å²) >= 11 is 12.3. The van der Waals surface area contributed by atoms with E-state index in [0.29, 0.717) is 21.7 Å². The van der Waals surface area contributed by atoms with Gasteiger partial charge in [-0.15, -0.1) is 0 Å². The average Bonchev–Trinajstić information content (AvgIpc) is 2.19. The molecular weight excluding hydrogens is 257 g/mol. The first-order valence-electron chi connectivity index (χ1n) is 5.65. The number of para-hydroxylation sites is 1. The zero-order valence-electron chi connectivity index (χ0n) is 9.42. The van der Waals surface area contributed by atoms with E-state index in [1.165, 1.54) is 19.3 Å². The third kappa shape index (κ3) is 2.67. The SMILES string of the molecule is N=C(N)N(CC1CCC1)c1c(Cl)cccc1Cl. The quantitative estimate of drug-likeness (QED) is 0.653. The molecule has 1 aromatic carbocycles. The van der Waals surface area contributed by atoms with Crippen LogP contribution in [0.4, 0.5) is 5.69 Å². The summed E-state index contributed by atoms with van der Waals surface area (Å²) in [7, 11) is 0. The van der Waals surface area contributed by atoms with Crippen LogP contribution in [0.2, 0.25) is 10.0 Å². The summed E-state index contributed by atoms with van der Waals surface area (Å²) in [5.41, 5.74) is 6.27. The summed E-state index contributed by atoms with van der Waals surface area (Å²) in [4.78, 5) is 1.70. The van der Waals surface area contributed by atoms with E-state index in [1.54, 1.807) is 23.1 Å². The van der Waals surface area contributed by atoms with Gasteiger partial charge in [0.2, 0.25) is 0 Å². The van der Waals surface area contributed by atoms with E-state index in [4.69, 9.17) is 34.3 Å². The molecule has 2 rings (SSSR count). The van der Waals surface area contributed by atoms with Gasteiger partial charge in [-0.1, -0.05) is 35.7 Å². The smallest absolute Gasteiger partial charge is 0.193 e. The van der Waals surface area contributed by atoms with Crippen LogP contribution in [0.1, 0.15) is 19.3 Å². The van der Waals surface area contributed by atoms with E-state index in [2.05, 4.69) is 0 Å². The Labute approximate surface area is 111 Å². The Morgan fingerprint density at radius 3 is 2.35 bits per heavy atom. The minimum Gasteiger partial charge on any atom is -0.370 e. The van der Waals surface area contributed by atoms with Gasteiger partial charge in [-0.05, 0) is 30.9 Å². The van der Waals surface area contributed by atoms with Crippen LogP contribution in [-0.2, 0) is 0 Å². The van der Waals surface area contributed by atoms with Crippen molar-refractivity contribution in [1.29, 1.82) is 5.41 Å². The first-order chi connectivity index (χ1) is 8.09. The highest BCUT2D eigenvalue weighted by atomic mass is 35.5. The van der Waals surface area contributed by atoms with E-state index >= 15 is 0 Å². The van der Waals surface area contributed by atoms with Crippen LogP contribution in [0.3, 0.4) is 0 Å². The normalized spacial score (nSPS) is 15.4. The first kappa shape index (κ1) is 12.5. The third-order valence-corrected chi connectivity index (χ3v) is 3.77. The van der Waals surface area contributed by atoms with Crippen LogP contribution in [0.25, 0.3) is 0 Å². The zero-order valence-corrected chi connectivity index (χ0v) is 10.9. The van der Waals surface area contributed by atoms with Gasteiger partial charge in [0.25, 0.3) is 0 Å². The molecular formula is C12H15Cl2N3. The van der Waals surface area contributed by atoms with Gasteiger partial charge in [-0.3, -0.25) is 5.41 Å². The standard InChI is InChI=1S/C12H15Cl2N3/c13-9-5-2-6-10(14)11(9)17(12(15)16)7-8-3-1-4-8/h2,5-6,8H,1,3-4,7H2,(H3,15,16). The fourth-order valence-corrected chi connectivity index (χ4v) is 2.59. The molecule has 1 aromatic rings. The van der Waals surface area contributed by atoms with Gasteiger partial charge < -0.3 is 10.6 Å². The van der Waals surface area contributed by atoms with E-state index in [0.717, 1.165) is 6.54 Å². The van der Waals surface area contributed by atoms with Crippen molar-refractivity contribution in [3.8, 4) is 0 Å². The molecule has 0 bridgehead atoms. The second kappa shape index (κ2) is 5.15. The fraction of sp³-hybridized carbons (Fsp3) is 0.417. The molecule has 0 amide bonds. The number of anilines is 1. The Hall–Kier alpha value is -0.930. The maximum atomic E-state index is 7.66. The van der Waals surface area contributed by atoms with Gasteiger partial charge in [-0.2, -0.15) is 0 Å². The number of nitrogens with zero attached hydrogens (tertiary/aromatic N) is 1. The average molecular weight is 272 g/mol. The molecule has 5 heteroatoms. The number of hydrogen-bond acceptors (Lipinski definition) is 1. The molecule has 1 aliphatic carbocycles. The molecule has 3 N–H and O–H groups in total. The van der Waals surface area contributed by atoms with E-state index in [9.17, 15) is 0 Å². The molecule has 0 aliphatic heterocycles. The largest absolute Gasteiger partial charge is 0.370 e. The summed E-state index contributed by atoms with van der Waals surface area (Å²) < 4.78 is 0. The second-order valence-corrected chi connectivity index (χ2v) is 5.18. The molecule has 3 nitrogen and oxygen atoms in total. The number of rotatable bonds is 3. The summed E-state index contributed by atoms with van der Waals surface area (Å²) in [5.74, 6) is 0.582. The number of hydrogen-bond donors (Lipinski definition) is 2. The molecule has 0 unspecified atom stereocenters. The van der Waals surface area contributed by atoms with Crippen LogP contribution in [0.5, 0.6) is 0 Å². The molecule has 0 aromatic heterocycles. The maximum Gasteiger partial charge on any atom is 0.193 e. The lowest BCUT2D eigenvalue weighted by Gasteiger charge is -2.33. The number of halogens is 2. The molecule has 0 saturated heterocycles. The number of nitrogens with one attached hydrogen (secondary N) is 1. The van der Waals surface area contributed by atoms with Crippen molar-refractivity contribution in [3.63, 3.8) is 0 Å². The minimum absolute atomic E-state index is 0.00750. The molecule has 0 spiro atoms. The highest BCUT2D eigenvalue weighted by Crippen LogP contribution is 2.36. The fourth-order valence-electron chi connectivity index (χ4n) is 1.99. The summed E-state index contributed by atoms with van der Waals surface area (Å²) in [6.45, 7) is 0.721. The zero-order chi connectivity index (χ0) is 12.4. The Kier molecular flexibility index (Phi) is 3.79. The van der Waals surface area contributed by atoms with Crippen LogP contribution in [0, 0.1) is 11.3 Å². The molecule has 17 heavy (non-hydrogen) atoms. The van der Waals surface area contributed by atoms with Crippen LogP contribution >= 0.6 is 23.2 Å². The van der Waals surface area contributed by atoms with Crippen molar-refractivity contribution in [2.75, 3.05) is 11.4 Å². The van der Waals surface area contributed by atoms with Crippen LogP contribution < -0.4 is 10.6 Å². The van der Waals surface area contributed by atoms with Crippen molar-refractivity contribution < 1.29 is 0 Å². The third-order valence-electron chi connectivity index (χ3n) is 3.16. The predicted molar refractivity (Wildman–Crippen MR) is 73.1 cm³/mol. The lowest BCUT2D eigenvalue weighted by Crippen LogP contribution is -2.41. The number of benzene rings is 1. The number of guanidine groups is 1. The van der Waals surface area contributed by atoms with Gasteiger partial charge in [0.05, 0.1) is 15.7 Å². The van der Waals surface area contributed by atoms with Gasteiger partial charge >= 0.3 is 0 Å². The number of nitrogens with two attached hydrogens (primary N) is 1. The topological polar surface area (TPSA) is 53.1 Å². The minimum atomic E-state index is -0.00750. The van der Waals surface area contributed by atoms with E-state index in [1.807, 2.05) is 0 Å². The lowest BCUT2D eigenvalue weighted by molar-refractivity contribution is 0.325. The first-order valence-corrected chi connectivity index (χ1v) is 6.40. The highest BCUT2D eigenvalue weighted by Gasteiger charge is 2.24. The van der Waals surface area contributed by atoms with Crippen LogP contribution in [-0.4, -0.2) is 12.5 Å².